The van der Waals surface area contributed by atoms with Crippen LogP contribution in [0.15, 0.2) is 0 Å². The van der Waals surface area contributed by atoms with E-state index in [2.05, 4.69) is 0 Å². The zero-order valence-electron chi connectivity index (χ0n) is 17.4. The van der Waals surface area contributed by atoms with Gasteiger partial charge in [-0.1, -0.05) is 6.92 Å². The van der Waals surface area contributed by atoms with Gasteiger partial charge in [0.2, 0.25) is 0 Å². The summed E-state index contributed by atoms with van der Waals surface area (Å²) >= 11 is 0. The Morgan fingerprint density at radius 1 is 0.848 bits per heavy atom. The lowest BCUT2D eigenvalue weighted by Gasteiger charge is -2.38. The number of rotatable bonds is 13. The first kappa shape index (κ1) is 31.6. The SMILES string of the molecule is CCN(CCC[N+](C)(C)CCC(=O)O)S(=O)(=O)C(F)(F)C(F)(F)C(F)(F)C(F)(F)C(F)(F)F. The Labute approximate surface area is 181 Å². The molecule has 0 fully saturated rings. The van der Waals surface area contributed by atoms with Crippen molar-refractivity contribution in [1.82, 2.24) is 4.31 Å². The molecule has 0 amide bonds. The van der Waals surface area contributed by atoms with Crippen LogP contribution in [0.2, 0.25) is 0 Å². The quantitative estimate of drug-likeness (QED) is 0.289. The van der Waals surface area contributed by atoms with Crippen LogP contribution in [0, 0.1) is 0 Å². The molecule has 0 aromatic rings. The molecular formula is C15H22F11N2O4S+. The number of alkyl halides is 11. The maximum atomic E-state index is 14.1. The van der Waals surface area contributed by atoms with Crippen molar-refractivity contribution in [2.24, 2.45) is 0 Å². The van der Waals surface area contributed by atoms with E-state index in [1.807, 2.05) is 0 Å². The molecule has 33 heavy (non-hydrogen) atoms. The highest BCUT2D eigenvalue weighted by Crippen LogP contribution is 2.58. The van der Waals surface area contributed by atoms with Crippen LogP contribution in [0.25, 0.3) is 0 Å². The Morgan fingerprint density at radius 3 is 1.67 bits per heavy atom. The van der Waals surface area contributed by atoms with Gasteiger partial charge >= 0.3 is 35.2 Å². The summed E-state index contributed by atoms with van der Waals surface area (Å²) in [5.74, 6) is -24.4. The van der Waals surface area contributed by atoms with E-state index in [1.165, 1.54) is 14.1 Å². The topological polar surface area (TPSA) is 74.7 Å². The number of hydrogen-bond donors (Lipinski definition) is 1. The molecule has 6 nitrogen and oxygen atoms in total. The minimum atomic E-state index is -7.83. The van der Waals surface area contributed by atoms with Crippen LogP contribution in [0.4, 0.5) is 48.3 Å². The third-order valence-electron chi connectivity index (χ3n) is 4.63. The van der Waals surface area contributed by atoms with E-state index in [0.717, 1.165) is 6.92 Å². The van der Waals surface area contributed by atoms with Crippen LogP contribution < -0.4 is 0 Å². The predicted molar refractivity (Wildman–Crippen MR) is 90.7 cm³/mol. The Kier molecular flexibility index (Phi) is 9.25. The number of carboxylic acids is 1. The van der Waals surface area contributed by atoms with E-state index in [9.17, 15) is 61.5 Å². The summed E-state index contributed by atoms with van der Waals surface area (Å²) in [7, 11) is -3.99. The van der Waals surface area contributed by atoms with Gasteiger partial charge in [0.05, 0.1) is 33.6 Å². The number of nitrogens with zero attached hydrogens (tertiary/aromatic N) is 2. The van der Waals surface area contributed by atoms with Gasteiger partial charge in [-0.2, -0.15) is 52.6 Å². The summed E-state index contributed by atoms with van der Waals surface area (Å²) in [6, 6.07) is 0. The summed E-state index contributed by atoms with van der Waals surface area (Å²) in [4.78, 5) is 10.6. The monoisotopic (exact) mass is 535 g/mol. The molecule has 198 valence electrons. The molecule has 0 bridgehead atoms. The van der Waals surface area contributed by atoms with Crippen molar-refractivity contribution in [3.8, 4) is 0 Å². The van der Waals surface area contributed by atoms with E-state index >= 15 is 0 Å². The highest BCUT2D eigenvalue weighted by Gasteiger charge is 2.89. The van der Waals surface area contributed by atoms with E-state index in [4.69, 9.17) is 5.11 Å². The van der Waals surface area contributed by atoms with Gasteiger partial charge in [0.15, 0.2) is 0 Å². The van der Waals surface area contributed by atoms with Crippen molar-refractivity contribution >= 4 is 16.0 Å². The van der Waals surface area contributed by atoms with Crippen molar-refractivity contribution in [3.05, 3.63) is 0 Å². The second-order valence-electron chi connectivity index (χ2n) is 7.61. The molecule has 0 rings (SSSR count). The molecule has 0 atom stereocenters. The Bertz CT molecular complexity index is 798. The van der Waals surface area contributed by atoms with Crippen LogP contribution in [0.5, 0.6) is 0 Å². The Hall–Kier alpha value is -1.43. The molecule has 0 aliphatic carbocycles. The average Bonchev–Trinajstić information content (AvgIpc) is 2.61. The first-order valence-corrected chi connectivity index (χ1v) is 10.4. The van der Waals surface area contributed by atoms with Crippen molar-refractivity contribution in [2.45, 2.75) is 49.0 Å². The molecular weight excluding hydrogens is 513 g/mol. The minimum absolute atomic E-state index is 0.0266. The molecule has 1 N–H and O–H groups in total. The summed E-state index contributed by atoms with van der Waals surface area (Å²) in [5, 5.41) is 1.58. The van der Waals surface area contributed by atoms with Crippen molar-refractivity contribution in [3.63, 3.8) is 0 Å². The highest BCUT2D eigenvalue weighted by atomic mass is 32.2. The molecule has 0 heterocycles. The van der Waals surface area contributed by atoms with Crippen molar-refractivity contribution < 1.29 is 71.1 Å². The third-order valence-corrected chi connectivity index (χ3v) is 6.65. The second-order valence-corrected chi connectivity index (χ2v) is 9.59. The fourth-order valence-electron chi connectivity index (χ4n) is 2.52. The first-order chi connectivity index (χ1) is 14.3. The van der Waals surface area contributed by atoms with E-state index in [-0.39, 0.29) is 24.0 Å². The van der Waals surface area contributed by atoms with Gasteiger partial charge in [-0.15, -0.1) is 0 Å². The van der Waals surface area contributed by atoms with Gasteiger partial charge < -0.3 is 9.59 Å². The summed E-state index contributed by atoms with van der Waals surface area (Å²) in [6.07, 6.45) is -8.16. The first-order valence-electron chi connectivity index (χ1n) is 8.95. The molecule has 0 aliphatic rings. The maximum Gasteiger partial charge on any atom is 0.460 e. The molecule has 0 unspecified atom stereocenters. The van der Waals surface area contributed by atoms with E-state index in [1.54, 1.807) is 0 Å². The lowest BCUT2D eigenvalue weighted by Crippen LogP contribution is -2.69. The summed E-state index contributed by atoms with van der Waals surface area (Å²) in [6.45, 7) is -1.41. The lowest BCUT2D eigenvalue weighted by molar-refractivity contribution is -0.889. The number of quaternary nitrogens is 1. The molecule has 0 spiro atoms. The third kappa shape index (κ3) is 5.98. The zero-order valence-corrected chi connectivity index (χ0v) is 18.2. The number of carbonyl (C=O) groups is 1. The smallest absolute Gasteiger partial charge is 0.460 e. The van der Waals surface area contributed by atoms with Crippen LogP contribution in [0.1, 0.15) is 19.8 Å². The lowest BCUT2D eigenvalue weighted by atomic mass is 10.0. The van der Waals surface area contributed by atoms with E-state index < -0.39 is 69.0 Å². The van der Waals surface area contributed by atoms with E-state index in [0.29, 0.717) is 0 Å². The molecule has 0 saturated carbocycles. The van der Waals surface area contributed by atoms with Gasteiger partial charge in [-0.25, -0.2) is 8.42 Å². The normalized spacial score (nSPS) is 15.2. The number of carboxylic acid groups (broad SMARTS) is 1. The van der Waals surface area contributed by atoms with Crippen LogP contribution in [0.3, 0.4) is 0 Å². The standard InChI is InChI=1S/C15H21F11N2O4S/c1-4-27(7-5-8-28(2,3)9-6-10(29)30)33(31,32)15(25,26)13(20,21)11(16,17)12(18,19)14(22,23)24/h4-9H2,1-3H3/p+1. The zero-order chi connectivity index (χ0) is 26.9. The molecule has 0 radical (unpaired) electrons. The van der Waals surface area contributed by atoms with Gasteiger partial charge in [0.1, 0.15) is 0 Å². The second kappa shape index (κ2) is 9.67. The fourth-order valence-corrected chi connectivity index (χ4v) is 4.00. The van der Waals surface area contributed by atoms with Crippen molar-refractivity contribution in [1.29, 1.82) is 0 Å². The summed E-state index contributed by atoms with van der Waals surface area (Å²) < 4.78 is 168. The Morgan fingerprint density at radius 2 is 1.30 bits per heavy atom. The number of aliphatic carboxylic acids is 1. The number of sulfonamides is 1. The largest absolute Gasteiger partial charge is 0.481 e. The molecule has 0 aliphatic heterocycles. The van der Waals surface area contributed by atoms with Gasteiger partial charge in [-0.3, -0.25) is 4.79 Å². The van der Waals surface area contributed by atoms with Gasteiger partial charge in [-0.05, 0) is 0 Å². The van der Waals surface area contributed by atoms with Gasteiger partial charge in [0, 0.05) is 19.5 Å². The molecule has 0 saturated heterocycles. The minimum Gasteiger partial charge on any atom is -0.481 e. The van der Waals surface area contributed by atoms with Crippen LogP contribution in [-0.4, -0.2) is 97.8 Å². The number of halogens is 11. The Balaban J connectivity index is 5.91. The highest BCUT2D eigenvalue weighted by molar-refractivity contribution is 7.90. The predicted octanol–water partition coefficient (Wildman–Crippen LogP) is 3.64. The molecule has 18 heteroatoms. The van der Waals surface area contributed by atoms with Gasteiger partial charge in [0.25, 0.3) is 10.0 Å². The molecule has 0 aromatic carbocycles. The van der Waals surface area contributed by atoms with Crippen LogP contribution in [-0.2, 0) is 14.8 Å². The number of hydrogen-bond acceptors (Lipinski definition) is 3. The van der Waals surface area contributed by atoms with Crippen LogP contribution >= 0.6 is 0 Å². The fraction of sp³-hybridized carbons (Fsp3) is 0.933. The maximum absolute atomic E-state index is 14.1. The average molecular weight is 535 g/mol. The molecule has 0 aromatic heterocycles. The summed E-state index contributed by atoms with van der Waals surface area (Å²) in [5.41, 5.74) is 0. The van der Waals surface area contributed by atoms with Crippen molar-refractivity contribution in [2.75, 3.05) is 40.3 Å².